The fraction of sp³-hybridized carbons (Fsp3) is 0.680. The molecule has 1 saturated carbocycles. The van der Waals surface area contributed by atoms with Gasteiger partial charge in [0.1, 0.15) is 11.8 Å². The molecule has 1 aliphatic carbocycles. The molecule has 4 N–H and O–H groups in total. The van der Waals surface area contributed by atoms with Crippen LogP contribution in [0, 0.1) is 11.8 Å². The maximum atomic E-state index is 12.6. The predicted molar refractivity (Wildman–Crippen MR) is 126 cm³/mol. The Balaban J connectivity index is 1.99. The summed E-state index contributed by atoms with van der Waals surface area (Å²) in [6, 6.07) is 9.96. The van der Waals surface area contributed by atoms with Gasteiger partial charge >= 0.3 is 6.09 Å². The minimum Gasteiger partial charge on any atom is -0.444 e. The third-order valence-corrected chi connectivity index (χ3v) is 5.78. The number of alkyl carbamates (subject to hydrolysis) is 1. The normalized spacial score (nSPS) is 20.4. The van der Waals surface area contributed by atoms with Crippen molar-refractivity contribution in [2.24, 2.45) is 11.8 Å². The van der Waals surface area contributed by atoms with Crippen LogP contribution < -0.4 is 16.0 Å². The van der Waals surface area contributed by atoms with Crippen molar-refractivity contribution < 1.29 is 19.4 Å². The second-order valence-corrected chi connectivity index (χ2v) is 9.74. The molecule has 180 valence electrons. The van der Waals surface area contributed by atoms with Gasteiger partial charge in [0.05, 0.1) is 5.92 Å². The zero-order chi connectivity index (χ0) is 23.6. The summed E-state index contributed by atoms with van der Waals surface area (Å²) < 4.78 is 5.30. The molecule has 2 amide bonds. The van der Waals surface area contributed by atoms with E-state index in [1.807, 2.05) is 30.3 Å². The highest BCUT2D eigenvalue weighted by Crippen LogP contribution is 2.26. The van der Waals surface area contributed by atoms with Crippen LogP contribution in [0.2, 0.25) is 0 Å². The van der Waals surface area contributed by atoms with Crippen LogP contribution in [0.3, 0.4) is 0 Å². The number of hydrogen-bond donors (Lipinski definition) is 4. The second-order valence-electron chi connectivity index (χ2n) is 9.74. The summed E-state index contributed by atoms with van der Waals surface area (Å²) in [7, 11) is 0. The van der Waals surface area contributed by atoms with E-state index in [1.165, 1.54) is 0 Å². The Hall–Kier alpha value is -2.12. The lowest BCUT2D eigenvalue weighted by Gasteiger charge is -2.28. The molecule has 7 heteroatoms. The van der Waals surface area contributed by atoms with E-state index in [0.29, 0.717) is 19.5 Å². The summed E-state index contributed by atoms with van der Waals surface area (Å²) in [6.45, 7) is 8.66. The first-order valence-electron chi connectivity index (χ1n) is 11.9. The smallest absolute Gasteiger partial charge is 0.409 e. The van der Waals surface area contributed by atoms with Crippen molar-refractivity contribution in [2.75, 3.05) is 13.1 Å². The predicted octanol–water partition coefficient (Wildman–Crippen LogP) is 3.36. The van der Waals surface area contributed by atoms with E-state index in [1.54, 1.807) is 20.8 Å². The van der Waals surface area contributed by atoms with Gasteiger partial charge in [0.15, 0.2) is 0 Å². The van der Waals surface area contributed by atoms with Crippen molar-refractivity contribution in [3.8, 4) is 0 Å². The number of unbranched alkanes of at least 4 members (excludes halogenated alkanes) is 1. The molecular formula is C25H41N3O4. The van der Waals surface area contributed by atoms with E-state index >= 15 is 0 Å². The molecule has 1 aromatic carbocycles. The number of carbonyl (C=O) groups is 2. The van der Waals surface area contributed by atoms with Crippen molar-refractivity contribution in [3.63, 3.8) is 0 Å². The van der Waals surface area contributed by atoms with E-state index in [4.69, 9.17) is 4.74 Å². The highest BCUT2D eigenvalue weighted by molar-refractivity contribution is 5.79. The van der Waals surface area contributed by atoms with E-state index in [9.17, 15) is 14.7 Å². The fourth-order valence-electron chi connectivity index (χ4n) is 4.10. The highest BCUT2D eigenvalue weighted by Gasteiger charge is 2.34. The molecule has 1 aromatic rings. The van der Waals surface area contributed by atoms with Gasteiger partial charge in [-0.15, -0.1) is 0 Å². The van der Waals surface area contributed by atoms with Crippen molar-refractivity contribution in [2.45, 2.75) is 84.1 Å². The molecular weight excluding hydrogens is 406 g/mol. The standard InChI is InChI=1S/C25H41N3O4/c1-5-6-15-26-23(30)20-13-10-14-21(20)27-17-19(16-18-11-8-7-9-12-18)22(29)28-24(31)32-25(2,3)4/h7-9,11-12,19-22,27,29H,5-6,10,13-17H2,1-4H3,(H,26,30)(H,28,31)/t19-,20?,21?,22-/m0/s1. The maximum absolute atomic E-state index is 12.6. The molecule has 1 aliphatic rings. The minimum absolute atomic E-state index is 0.0554. The van der Waals surface area contributed by atoms with E-state index in [2.05, 4.69) is 22.9 Å². The van der Waals surface area contributed by atoms with E-state index in [0.717, 1.165) is 37.7 Å². The molecule has 0 radical (unpaired) electrons. The van der Waals surface area contributed by atoms with Crippen LogP contribution in [-0.4, -0.2) is 48.1 Å². The van der Waals surface area contributed by atoms with Gasteiger partial charge in [0, 0.05) is 25.0 Å². The number of benzene rings is 1. The number of aliphatic hydroxyl groups is 1. The van der Waals surface area contributed by atoms with Crippen LogP contribution in [0.15, 0.2) is 30.3 Å². The first kappa shape index (κ1) is 26.1. The summed E-state index contributed by atoms with van der Waals surface area (Å²) in [5.74, 6) is -0.213. The maximum Gasteiger partial charge on any atom is 0.409 e. The molecule has 7 nitrogen and oxygen atoms in total. The number of carbonyl (C=O) groups excluding carboxylic acids is 2. The number of amides is 2. The lowest BCUT2D eigenvalue weighted by atomic mass is 9.96. The summed E-state index contributed by atoms with van der Waals surface area (Å²) in [6.07, 6.45) is 3.72. The average molecular weight is 448 g/mol. The van der Waals surface area contributed by atoms with Gasteiger partial charge < -0.3 is 20.5 Å². The number of hydrogen-bond acceptors (Lipinski definition) is 5. The number of ether oxygens (including phenoxy) is 1. The minimum atomic E-state index is -1.07. The quantitative estimate of drug-likeness (QED) is 0.308. The molecule has 2 unspecified atom stereocenters. The van der Waals surface area contributed by atoms with Gasteiger partial charge in [-0.2, -0.15) is 0 Å². The molecule has 0 heterocycles. The molecule has 32 heavy (non-hydrogen) atoms. The van der Waals surface area contributed by atoms with Gasteiger partial charge in [0.25, 0.3) is 0 Å². The van der Waals surface area contributed by atoms with Gasteiger partial charge in [-0.05, 0) is 52.0 Å². The van der Waals surface area contributed by atoms with Gasteiger partial charge in [-0.1, -0.05) is 50.1 Å². The Morgan fingerprint density at radius 2 is 1.91 bits per heavy atom. The molecule has 0 bridgehead atoms. The Kier molecular flexibility index (Phi) is 10.5. The average Bonchev–Trinajstić information content (AvgIpc) is 3.19. The second kappa shape index (κ2) is 12.8. The zero-order valence-corrected chi connectivity index (χ0v) is 20.0. The Bertz CT molecular complexity index is 705. The molecule has 2 rings (SSSR count). The monoisotopic (exact) mass is 447 g/mol. The molecule has 4 atom stereocenters. The first-order chi connectivity index (χ1) is 15.2. The zero-order valence-electron chi connectivity index (χ0n) is 20.0. The Morgan fingerprint density at radius 1 is 1.19 bits per heavy atom. The van der Waals surface area contributed by atoms with Gasteiger partial charge in [0.2, 0.25) is 5.91 Å². The van der Waals surface area contributed by atoms with Gasteiger partial charge in [-0.3, -0.25) is 10.1 Å². The Labute approximate surface area is 192 Å². The van der Waals surface area contributed by atoms with Crippen molar-refractivity contribution in [1.82, 2.24) is 16.0 Å². The molecule has 0 saturated heterocycles. The number of aliphatic hydroxyl groups excluding tert-OH is 1. The largest absolute Gasteiger partial charge is 0.444 e. The van der Waals surface area contributed by atoms with Crippen LogP contribution in [-0.2, 0) is 16.0 Å². The van der Waals surface area contributed by atoms with E-state index in [-0.39, 0.29) is 23.8 Å². The summed E-state index contributed by atoms with van der Waals surface area (Å²) in [5, 5.41) is 19.9. The number of nitrogens with one attached hydrogen (secondary N) is 3. The van der Waals surface area contributed by atoms with E-state index < -0.39 is 17.9 Å². The van der Waals surface area contributed by atoms with Crippen molar-refractivity contribution >= 4 is 12.0 Å². The van der Waals surface area contributed by atoms with Crippen LogP contribution in [0.1, 0.15) is 65.4 Å². The lowest BCUT2D eigenvalue weighted by molar-refractivity contribution is -0.125. The Morgan fingerprint density at radius 3 is 2.56 bits per heavy atom. The highest BCUT2D eigenvalue weighted by atomic mass is 16.6. The topological polar surface area (TPSA) is 99.7 Å². The molecule has 0 aliphatic heterocycles. The van der Waals surface area contributed by atoms with Crippen LogP contribution in [0.25, 0.3) is 0 Å². The molecule has 0 spiro atoms. The third-order valence-electron chi connectivity index (χ3n) is 5.78. The van der Waals surface area contributed by atoms with Crippen molar-refractivity contribution in [1.29, 1.82) is 0 Å². The molecule has 1 fully saturated rings. The van der Waals surface area contributed by atoms with Crippen molar-refractivity contribution in [3.05, 3.63) is 35.9 Å². The number of rotatable bonds is 11. The fourth-order valence-corrected chi connectivity index (χ4v) is 4.10. The SMILES string of the molecule is CCCCNC(=O)C1CCCC1NC[C@H](Cc1ccccc1)[C@H](O)NC(=O)OC(C)(C)C. The summed E-state index contributed by atoms with van der Waals surface area (Å²) >= 11 is 0. The van der Waals surface area contributed by atoms with Gasteiger partial charge in [-0.25, -0.2) is 4.79 Å². The lowest BCUT2D eigenvalue weighted by Crippen LogP contribution is -2.49. The van der Waals surface area contributed by atoms with Crippen LogP contribution in [0.5, 0.6) is 0 Å². The summed E-state index contributed by atoms with van der Waals surface area (Å²) in [5.41, 5.74) is 0.434. The first-order valence-corrected chi connectivity index (χ1v) is 11.9. The van der Waals surface area contributed by atoms with Crippen LogP contribution in [0.4, 0.5) is 4.79 Å². The molecule has 0 aromatic heterocycles. The third kappa shape index (κ3) is 9.17. The van der Waals surface area contributed by atoms with Crippen LogP contribution >= 0.6 is 0 Å². The summed E-state index contributed by atoms with van der Waals surface area (Å²) in [4.78, 5) is 24.8.